The first-order valence-electron chi connectivity index (χ1n) is 7.90. The number of rotatable bonds is 4. The Morgan fingerprint density at radius 3 is 2.82 bits per heavy atom. The van der Waals surface area contributed by atoms with Crippen molar-refractivity contribution in [2.45, 2.75) is 50.4 Å². The fourth-order valence-corrected chi connectivity index (χ4v) is 3.06. The molecule has 1 saturated heterocycles. The van der Waals surface area contributed by atoms with Gasteiger partial charge in [0.05, 0.1) is 5.70 Å². The van der Waals surface area contributed by atoms with Crippen LogP contribution in [0.3, 0.4) is 0 Å². The topological polar surface area (TPSA) is 78.9 Å². The summed E-state index contributed by atoms with van der Waals surface area (Å²) < 4.78 is 5.05. The molecule has 3 atom stereocenters. The fourth-order valence-electron chi connectivity index (χ4n) is 3.06. The number of Topliss-reactive ketones (excluding diaryl/α,β-unsaturated/α-hetero) is 1. The second kappa shape index (κ2) is 6.58. The molecule has 0 bridgehead atoms. The number of epoxide rings is 1. The third-order valence-electron chi connectivity index (χ3n) is 4.37. The highest BCUT2D eigenvalue weighted by Crippen LogP contribution is 2.33. The molecule has 0 unspecified atom stereocenters. The molecule has 2 fully saturated rings. The average molecular weight is 303 g/mol. The maximum atomic E-state index is 11.8. The van der Waals surface area contributed by atoms with Crippen molar-refractivity contribution in [2.75, 3.05) is 0 Å². The molecule has 22 heavy (non-hydrogen) atoms. The molecular formula is C17H21NO4. The smallest absolute Gasteiger partial charge is 0.248 e. The van der Waals surface area contributed by atoms with Crippen molar-refractivity contribution in [1.82, 2.24) is 5.32 Å². The number of aliphatic hydroxyl groups is 1. The Morgan fingerprint density at radius 2 is 2.05 bits per heavy atom. The summed E-state index contributed by atoms with van der Waals surface area (Å²) in [6, 6.07) is 0. The minimum atomic E-state index is -0.826. The SMILES string of the molecule is O=C(/C=C/C=C/C1CCCCC1)NC1=C[C@H](O)[C@H]2O[C@H]2C1=O. The molecule has 3 rings (SSSR count). The summed E-state index contributed by atoms with van der Waals surface area (Å²) in [6.07, 6.45) is 12.9. The lowest BCUT2D eigenvalue weighted by Crippen LogP contribution is -2.35. The summed E-state index contributed by atoms with van der Waals surface area (Å²) in [5.41, 5.74) is 0.122. The van der Waals surface area contributed by atoms with Gasteiger partial charge < -0.3 is 15.2 Å². The lowest BCUT2D eigenvalue weighted by molar-refractivity contribution is -0.121. The minimum absolute atomic E-state index is 0.122. The van der Waals surface area contributed by atoms with Crippen LogP contribution < -0.4 is 5.32 Å². The highest BCUT2D eigenvalue weighted by molar-refractivity contribution is 6.06. The Balaban J connectivity index is 1.48. The first-order chi connectivity index (χ1) is 10.6. The number of fused-ring (bicyclic) bond motifs is 1. The molecule has 0 radical (unpaired) electrons. The van der Waals surface area contributed by atoms with Crippen LogP contribution in [0.15, 0.2) is 36.1 Å². The van der Waals surface area contributed by atoms with Crippen LogP contribution in [0.5, 0.6) is 0 Å². The van der Waals surface area contributed by atoms with Gasteiger partial charge in [-0.05, 0) is 24.8 Å². The van der Waals surface area contributed by atoms with E-state index >= 15 is 0 Å². The number of allylic oxidation sites excluding steroid dienone is 3. The van der Waals surface area contributed by atoms with E-state index in [0.29, 0.717) is 5.92 Å². The molecule has 0 aromatic carbocycles. The van der Waals surface area contributed by atoms with E-state index in [2.05, 4.69) is 11.4 Å². The number of aliphatic hydroxyl groups excluding tert-OH is 1. The zero-order valence-electron chi connectivity index (χ0n) is 12.4. The van der Waals surface area contributed by atoms with Gasteiger partial charge in [-0.3, -0.25) is 9.59 Å². The second-order valence-corrected chi connectivity index (χ2v) is 6.09. The van der Waals surface area contributed by atoms with Crippen LogP contribution in [0.25, 0.3) is 0 Å². The third-order valence-corrected chi connectivity index (χ3v) is 4.37. The van der Waals surface area contributed by atoms with Crippen molar-refractivity contribution in [2.24, 2.45) is 5.92 Å². The van der Waals surface area contributed by atoms with Crippen molar-refractivity contribution < 1.29 is 19.4 Å². The summed E-state index contributed by atoms with van der Waals surface area (Å²) >= 11 is 0. The number of ketones is 1. The van der Waals surface area contributed by atoms with Crippen LogP contribution in [0.2, 0.25) is 0 Å². The molecule has 1 aliphatic heterocycles. The normalized spacial score (nSPS) is 32.1. The molecule has 0 spiro atoms. The van der Waals surface area contributed by atoms with Crippen LogP contribution in [-0.2, 0) is 14.3 Å². The molecule has 5 nitrogen and oxygen atoms in total. The van der Waals surface area contributed by atoms with Crippen LogP contribution in [0.4, 0.5) is 0 Å². The predicted molar refractivity (Wildman–Crippen MR) is 80.8 cm³/mol. The first-order valence-corrected chi connectivity index (χ1v) is 7.90. The highest BCUT2D eigenvalue weighted by atomic mass is 16.6. The average Bonchev–Trinajstić information content (AvgIpc) is 3.31. The summed E-state index contributed by atoms with van der Waals surface area (Å²) in [7, 11) is 0. The largest absolute Gasteiger partial charge is 0.386 e. The van der Waals surface area contributed by atoms with Gasteiger partial charge in [-0.15, -0.1) is 0 Å². The van der Waals surface area contributed by atoms with Crippen molar-refractivity contribution >= 4 is 11.7 Å². The lowest BCUT2D eigenvalue weighted by Gasteiger charge is -2.17. The predicted octanol–water partition coefficient (Wildman–Crippen LogP) is 1.39. The zero-order valence-corrected chi connectivity index (χ0v) is 12.4. The molecule has 1 amide bonds. The number of nitrogens with one attached hydrogen (secondary N) is 1. The van der Waals surface area contributed by atoms with E-state index in [4.69, 9.17) is 4.74 Å². The molecule has 0 aromatic heterocycles. The van der Waals surface area contributed by atoms with Gasteiger partial charge in [0.1, 0.15) is 12.2 Å². The number of carbonyl (C=O) groups is 2. The molecule has 2 aliphatic carbocycles. The Hall–Kier alpha value is -1.72. The number of carbonyl (C=O) groups excluding carboxylic acids is 2. The number of hydrogen-bond donors (Lipinski definition) is 2. The fraction of sp³-hybridized carbons (Fsp3) is 0.529. The Bertz CT molecular complexity index is 543. The van der Waals surface area contributed by atoms with Gasteiger partial charge in [0.2, 0.25) is 11.7 Å². The van der Waals surface area contributed by atoms with Crippen molar-refractivity contribution in [3.05, 3.63) is 36.1 Å². The highest BCUT2D eigenvalue weighted by Gasteiger charge is 2.53. The maximum Gasteiger partial charge on any atom is 0.248 e. The Kier molecular flexibility index (Phi) is 4.55. The van der Waals surface area contributed by atoms with E-state index in [0.717, 1.165) is 0 Å². The molecule has 2 N–H and O–H groups in total. The van der Waals surface area contributed by atoms with Crippen LogP contribution in [0, 0.1) is 5.92 Å². The van der Waals surface area contributed by atoms with E-state index < -0.39 is 18.3 Å². The van der Waals surface area contributed by atoms with E-state index in [1.807, 2.05) is 6.08 Å². The summed E-state index contributed by atoms with van der Waals surface area (Å²) in [4.78, 5) is 23.6. The van der Waals surface area contributed by atoms with Gasteiger partial charge in [0, 0.05) is 6.08 Å². The van der Waals surface area contributed by atoms with E-state index in [-0.39, 0.29) is 17.4 Å². The molecule has 0 aromatic rings. The second-order valence-electron chi connectivity index (χ2n) is 6.09. The van der Waals surface area contributed by atoms with Crippen molar-refractivity contribution in [1.29, 1.82) is 0 Å². The number of ether oxygens (including phenoxy) is 1. The van der Waals surface area contributed by atoms with Crippen molar-refractivity contribution in [3.63, 3.8) is 0 Å². The van der Waals surface area contributed by atoms with Gasteiger partial charge >= 0.3 is 0 Å². The quantitative estimate of drug-likeness (QED) is 0.467. The molecule has 5 heteroatoms. The molecule has 3 aliphatic rings. The number of hydrogen-bond acceptors (Lipinski definition) is 4. The van der Waals surface area contributed by atoms with Crippen LogP contribution in [-0.4, -0.2) is 35.1 Å². The van der Waals surface area contributed by atoms with Crippen LogP contribution >= 0.6 is 0 Å². The standard InChI is InChI=1S/C17H21NO4/c19-13-10-12(15(21)17-16(13)22-17)18-14(20)9-5-4-8-11-6-2-1-3-7-11/h4-5,8-11,13,16-17,19H,1-3,6-7H2,(H,18,20)/b8-4+,9-5+/t13-,16+,17-/m0/s1. The van der Waals surface area contributed by atoms with Gasteiger partial charge in [-0.25, -0.2) is 0 Å². The monoisotopic (exact) mass is 303 g/mol. The lowest BCUT2D eigenvalue weighted by atomic mass is 9.89. The van der Waals surface area contributed by atoms with Gasteiger partial charge in [0.15, 0.2) is 6.10 Å². The Morgan fingerprint density at radius 1 is 1.27 bits per heavy atom. The molecule has 1 heterocycles. The molecule has 118 valence electrons. The van der Waals surface area contributed by atoms with Gasteiger partial charge in [-0.1, -0.05) is 37.5 Å². The molecule has 1 saturated carbocycles. The summed E-state index contributed by atoms with van der Waals surface area (Å²) in [5.74, 6) is -0.0304. The van der Waals surface area contributed by atoms with E-state index in [1.54, 1.807) is 6.08 Å². The zero-order chi connectivity index (χ0) is 15.5. The van der Waals surface area contributed by atoms with Crippen molar-refractivity contribution in [3.8, 4) is 0 Å². The van der Waals surface area contributed by atoms with Gasteiger partial charge in [0.25, 0.3) is 0 Å². The first kappa shape index (κ1) is 15.2. The van der Waals surface area contributed by atoms with Crippen LogP contribution in [0.1, 0.15) is 32.1 Å². The van der Waals surface area contributed by atoms with E-state index in [1.165, 1.54) is 44.3 Å². The molecular weight excluding hydrogens is 282 g/mol. The number of amides is 1. The van der Waals surface area contributed by atoms with Gasteiger partial charge in [-0.2, -0.15) is 0 Å². The summed E-state index contributed by atoms with van der Waals surface area (Å²) in [5, 5.41) is 12.2. The maximum absolute atomic E-state index is 11.8. The Labute approximate surface area is 129 Å². The summed E-state index contributed by atoms with van der Waals surface area (Å²) in [6.45, 7) is 0. The minimum Gasteiger partial charge on any atom is -0.386 e. The van der Waals surface area contributed by atoms with E-state index in [9.17, 15) is 14.7 Å². The third kappa shape index (κ3) is 3.54.